The number of guanidine groups is 1. The van der Waals surface area contributed by atoms with E-state index in [0.717, 1.165) is 64.6 Å². The average Bonchev–Trinajstić information content (AvgIpc) is 3.00. The third kappa shape index (κ3) is 9.01. The highest BCUT2D eigenvalue weighted by atomic mass is 16.5. The largest absolute Gasteiger partial charge is 0.382 e. The summed E-state index contributed by atoms with van der Waals surface area (Å²) in [7, 11) is 0. The van der Waals surface area contributed by atoms with E-state index in [0.29, 0.717) is 0 Å². The lowest BCUT2D eigenvalue weighted by Crippen LogP contribution is -2.38. The molecule has 0 atom stereocenters. The van der Waals surface area contributed by atoms with E-state index in [-0.39, 0.29) is 0 Å². The zero-order valence-electron chi connectivity index (χ0n) is 13.2. The first-order chi connectivity index (χ1) is 10.4. The summed E-state index contributed by atoms with van der Waals surface area (Å²) < 4.78 is 7.29. The summed E-state index contributed by atoms with van der Waals surface area (Å²) >= 11 is 0. The zero-order chi connectivity index (χ0) is 15.2. The number of aromatic nitrogens is 3. The van der Waals surface area contributed by atoms with Gasteiger partial charge in [-0.25, -0.2) is 0 Å². The molecule has 0 radical (unpaired) electrons. The molecular formula is C14H28N6O. The van der Waals surface area contributed by atoms with Crippen molar-refractivity contribution in [3.05, 3.63) is 12.7 Å². The van der Waals surface area contributed by atoms with Crippen molar-refractivity contribution in [1.82, 2.24) is 25.4 Å². The van der Waals surface area contributed by atoms with E-state index in [1.165, 1.54) is 0 Å². The number of rotatable bonds is 11. The van der Waals surface area contributed by atoms with Crippen LogP contribution in [0.4, 0.5) is 0 Å². The minimum Gasteiger partial charge on any atom is -0.382 e. The summed E-state index contributed by atoms with van der Waals surface area (Å²) in [5.41, 5.74) is 0. The van der Waals surface area contributed by atoms with Crippen molar-refractivity contribution in [3.63, 3.8) is 0 Å². The Hall–Kier alpha value is -1.63. The number of hydrogen-bond acceptors (Lipinski definition) is 4. The predicted molar refractivity (Wildman–Crippen MR) is 84.3 cm³/mol. The fourth-order valence-corrected chi connectivity index (χ4v) is 1.81. The van der Waals surface area contributed by atoms with Crippen molar-refractivity contribution >= 4 is 5.96 Å². The zero-order valence-corrected chi connectivity index (χ0v) is 13.2. The number of ether oxygens (including phenoxy) is 1. The first-order valence-corrected chi connectivity index (χ1v) is 7.79. The predicted octanol–water partition coefficient (Wildman–Crippen LogP) is 1.04. The van der Waals surface area contributed by atoms with Gasteiger partial charge in [0.2, 0.25) is 0 Å². The van der Waals surface area contributed by atoms with E-state index in [9.17, 15) is 0 Å². The highest BCUT2D eigenvalue weighted by molar-refractivity contribution is 5.79. The molecule has 0 bridgehead atoms. The Morgan fingerprint density at radius 3 is 2.67 bits per heavy atom. The van der Waals surface area contributed by atoms with Crippen LogP contribution >= 0.6 is 0 Å². The molecule has 1 heterocycles. The van der Waals surface area contributed by atoms with Gasteiger partial charge in [0.15, 0.2) is 5.96 Å². The molecule has 7 nitrogen and oxygen atoms in total. The minimum absolute atomic E-state index is 0.772. The van der Waals surface area contributed by atoms with Crippen LogP contribution in [0, 0.1) is 0 Å². The van der Waals surface area contributed by atoms with Crippen molar-refractivity contribution in [2.75, 3.05) is 32.8 Å². The van der Waals surface area contributed by atoms with Gasteiger partial charge in [0.25, 0.3) is 0 Å². The molecular weight excluding hydrogens is 268 g/mol. The standard InChI is InChI=1S/C14H28N6O/c1-3-15-14(17-9-7-11-21-4-2)16-8-5-6-10-20-12-18-19-13-20/h12-13H,3-11H2,1-2H3,(H2,15,16,17). The highest BCUT2D eigenvalue weighted by Crippen LogP contribution is 1.93. The molecule has 0 aliphatic carbocycles. The van der Waals surface area contributed by atoms with Crippen LogP contribution in [0.3, 0.4) is 0 Å². The van der Waals surface area contributed by atoms with Gasteiger partial charge in [-0.3, -0.25) is 4.99 Å². The Morgan fingerprint density at radius 2 is 1.95 bits per heavy atom. The summed E-state index contributed by atoms with van der Waals surface area (Å²) in [6, 6.07) is 0. The molecule has 0 aliphatic rings. The molecule has 7 heteroatoms. The maximum atomic E-state index is 5.30. The molecule has 0 aliphatic heterocycles. The minimum atomic E-state index is 0.772. The van der Waals surface area contributed by atoms with Gasteiger partial charge in [0, 0.05) is 39.4 Å². The number of nitrogens with one attached hydrogen (secondary N) is 2. The van der Waals surface area contributed by atoms with E-state index in [1.54, 1.807) is 12.7 Å². The van der Waals surface area contributed by atoms with E-state index in [2.05, 4.69) is 32.7 Å². The van der Waals surface area contributed by atoms with Gasteiger partial charge in [-0.15, -0.1) is 10.2 Å². The molecule has 1 aromatic rings. The first kappa shape index (κ1) is 17.4. The van der Waals surface area contributed by atoms with E-state index >= 15 is 0 Å². The fraction of sp³-hybridized carbons (Fsp3) is 0.786. The van der Waals surface area contributed by atoms with Crippen molar-refractivity contribution in [1.29, 1.82) is 0 Å². The van der Waals surface area contributed by atoms with Crippen LogP contribution in [-0.2, 0) is 11.3 Å². The average molecular weight is 296 g/mol. The van der Waals surface area contributed by atoms with Crippen LogP contribution in [0.15, 0.2) is 17.6 Å². The monoisotopic (exact) mass is 296 g/mol. The van der Waals surface area contributed by atoms with Crippen LogP contribution in [0.25, 0.3) is 0 Å². The number of nitrogens with zero attached hydrogens (tertiary/aromatic N) is 4. The van der Waals surface area contributed by atoms with Gasteiger partial charge < -0.3 is 19.9 Å². The molecule has 1 aromatic heterocycles. The lowest BCUT2D eigenvalue weighted by Gasteiger charge is -2.11. The highest BCUT2D eigenvalue weighted by Gasteiger charge is 1.97. The topological polar surface area (TPSA) is 76.4 Å². The molecule has 0 aromatic carbocycles. The summed E-state index contributed by atoms with van der Waals surface area (Å²) in [6.45, 7) is 9.16. The molecule has 2 N–H and O–H groups in total. The van der Waals surface area contributed by atoms with Gasteiger partial charge in [-0.05, 0) is 33.1 Å². The fourth-order valence-electron chi connectivity index (χ4n) is 1.81. The molecule has 0 fully saturated rings. The normalized spacial score (nSPS) is 11.6. The van der Waals surface area contributed by atoms with Crippen molar-refractivity contribution in [3.8, 4) is 0 Å². The van der Waals surface area contributed by atoms with Gasteiger partial charge in [-0.2, -0.15) is 0 Å². The number of unbranched alkanes of at least 4 members (excludes halogenated alkanes) is 1. The Bertz CT molecular complexity index is 366. The van der Waals surface area contributed by atoms with Crippen LogP contribution in [0.2, 0.25) is 0 Å². The molecule has 0 amide bonds. The van der Waals surface area contributed by atoms with Crippen LogP contribution in [0.1, 0.15) is 33.1 Å². The summed E-state index contributed by atoms with van der Waals surface area (Å²) in [5, 5.41) is 14.2. The second-order valence-corrected chi connectivity index (χ2v) is 4.64. The maximum absolute atomic E-state index is 5.30. The number of aryl methyl sites for hydroxylation is 1. The number of hydrogen-bond donors (Lipinski definition) is 2. The SMILES string of the molecule is CCNC(=NCCCOCC)NCCCCn1cnnc1. The van der Waals surface area contributed by atoms with Gasteiger partial charge in [-0.1, -0.05) is 0 Å². The van der Waals surface area contributed by atoms with Crippen LogP contribution in [-0.4, -0.2) is 53.6 Å². The van der Waals surface area contributed by atoms with Crippen molar-refractivity contribution in [2.45, 2.75) is 39.7 Å². The van der Waals surface area contributed by atoms with Gasteiger partial charge >= 0.3 is 0 Å². The van der Waals surface area contributed by atoms with Crippen molar-refractivity contribution in [2.24, 2.45) is 4.99 Å². The molecule has 0 saturated carbocycles. The first-order valence-electron chi connectivity index (χ1n) is 7.79. The Labute approximate surface area is 127 Å². The smallest absolute Gasteiger partial charge is 0.191 e. The molecule has 0 saturated heterocycles. The number of aliphatic imine (C=N–C) groups is 1. The van der Waals surface area contributed by atoms with Gasteiger partial charge in [0.1, 0.15) is 12.7 Å². The van der Waals surface area contributed by atoms with Crippen molar-refractivity contribution < 1.29 is 4.74 Å². The maximum Gasteiger partial charge on any atom is 0.191 e. The summed E-state index contributed by atoms with van der Waals surface area (Å²) in [5.74, 6) is 0.887. The lowest BCUT2D eigenvalue weighted by molar-refractivity contribution is 0.146. The Kier molecular flexibility index (Phi) is 10.1. The van der Waals surface area contributed by atoms with Crippen LogP contribution in [0.5, 0.6) is 0 Å². The third-order valence-electron chi connectivity index (χ3n) is 2.87. The van der Waals surface area contributed by atoms with Crippen LogP contribution < -0.4 is 10.6 Å². The van der Waals surface area contributed by atoms with E-state index < -0.39 is 0 Å². The summed E-state index contributed by atoms with van der Waals surface area (Å²) in [6.07, 6.45) is 6.63. The molecule has 0 spiro atoms. The Balaban J connectivity index is 2.10. The molecule has 120 valence electrons. The molecule has 0 unspecified atom stereocenters. The summed E-state index contributed by atoms with van der Waals surface area (Å²) in [4.78, 5) is 4.52. The third-order valence-corrected chi connectivity index (χ3v) is 2.87. The van der Waals surface area contributed by atoms with E-state index in [4.69, 9.17) is 4.74 Å². The van der Waals surface area contributed by atoms with E-state index in [1.807, 2.05) is 11.5 Å². The molecule has 1 rings (SSSR count). The second kappa shape index (κ2) is 12.1. The quantitative estimate of drug-likeness (QED) is 0.362. The second-order valence-electron chi connectivity index (χ2n) is 4.64. The lowest BCUT2D eigenvalue weighted by atomic mass is 10.3. The molecule has 21 heavy (non-hydrogen) atoms. The van der Waals surface area contributed by atoms with Gasteiger partial charge in [0.05, 0.1) is 0 Å². The Morgan fingerprint density at radius 1 is 1.14 bits per heavy atom.